The molecule has 1 aromatic carbocycles. The molecule has 0 aliphatic heterocycles. The van der Waals surface area contributed by atoms with Crippen LogP contribution in [0.25, 0.3) is 0 Å². The average molecular weight is 296 g/mol. The van der Waals surface area contributed by atoms with E-state index in [-0.39, 0.29) is 0 Å². The Hall–Kier alpha value is -0.380. The van der Waals surface area contributed by atoms with E-state index in [0.717, 1.165) is 30.3 Å². The molecule has 0 aromatic heterocycles. The summed E-state index contributed by atoms with van der Waals surface area (Å²) in [6.07, 6.45) is 5.20. The van der Waals surface area contributed by atoms with Crippen molar-refractivity contribution in [3.05, 3.63) is 33.8 Å². The Bertz CT molecular complexity index is 430. The van der Waals surface area contributed by atoms with E-state index >= 15 is 0 Å². The molecule has 0 amide bonds. The first-order chi connectivity index (χ1) is 8.15. The van der Waals surface area contributed by atoms with Crippen LogP contribution in [0.5, 0.6) is 0 Å². The second kappa shape index (κ2) is 4.38. The lowest BCUT2D eigenvalue weighted by Crippen LogP contribution is -2.45. The molecule has 2 aliphatic rings. The number of fused-ring (bicyclic) bond motifs is 1. The second-order valence-corrected chi connectivity index (χ2v) is 6.39. The van der Waals surface area contributed by atoms with E-state index in [0.29, 0.717) is 6.04 Å². The van der Waals surface area contributed by atoms with Crippen molar-refractivity contribution in [2.45, 2.75) is 43.7 Å². The fourth-order valence-corrected chi connectivity index (χ4v) is 2.99. The van der Waals surface area contributed by atoms with Crippen molar-refractivity contribution in [2.24, 2.45) is 0 Å². The maximum Gasteiger partial charge on any atom is 0.0815 e. The Morgan fingerprint density at radius 2 is 2.18 bits per heavy atom. The third-order valence-electron chi connectivity index (χ3n) is 3.84. The zero-order valence-corrected chi connectivity index (χ0v) is 11.5. The van der Waals surface area contributed by atoms with Crippen LogP contribution in [-0.2, 0) is 12.8 Å². The predicted molar refractivity (Wildman–Crippen MR) is 72.1 cm³/mol. The topological polar surface area (TPSA) is 32.3 Å². The van der Waals surface area contributed by atoms with Crippen molar-refractivity contribution in [3.63, 3.8) is 0 Å². The highest BCUT2D eigenvalue weighted by molar-refractivity contribution is 9.10. The first kappa shape index (κ1) is 11.7. The Kier molecular flexibility index (Phi) is 3.01. The van der Waals surface area contributed by atoms with Gasteiger partial charge in [0.25, 0.3) is 0 Å². The Labute approximate surface area is 111 Å². The molecule has 0 radical (unpaired) electrons. The minimum absolute atomic E-state index is 0.538. The van der Waals surface area contributed by atoms with Gasteiger partial charge in [-0.15, -0.1) is 0 Å². The number of hydrogen-bond donors (Lipinski definition) is 2. The standard InChI is InChI=1S/C14H18BrNO/c15-12-2-1-11-8-14(17,6-5-10(11)7-12)9-16-13-3-4-13/h1-2,7,13,16-17H,3-6,8-9H2. The van der Waals surface area contributed by atoms with Crippen LogP contribution >= 0.6 is 15.9 Å². The third-order valence-corrected chi connectivity index (χ3v) is 4.34. The van der Waals surface area contributed by atoms with Crippen molar-refractivity contribution < 1.29 is 5.11 Å². The van der Waals surface area contributed by atoms with Gasteiger partial charge >= 0.3 is 0 Å². The predicted octanol–water partition coefficient (Wildman–Crippen LogP) is 2.42. The molecule has 0 bridgehead atoms. The average Bonchev–Trinajstić information content (AvgIpc) is 3.11. The van der Waals surface area contributed by atoms with Crippen LogP contribution in [0, 0.1) is 0 Å². The number of nitrogens with one attached hydrogen (secondary N) is 1. The summed E-state index contributed by atoms with van der Waals surface area (Å²) >= 11 is 3.50. The summed E-state index contributed by atoms with van der Waals surface area (Å²) in [4.78, 5) is 0. The molecule has 1 atom stereocenters. The maximum atomic E-state index is 10.6. The van der Waals surface area contributed by atoms with E-state index in [9.17, 15) is 5.11 Å². The molecular formula is C14H18BrNO. The van der Waals surface area contributed by atoms with E-state index in [1.54, 1.807) is 0 Å². The van der Waals surface area contributed by atoms with Gasteiger partial charge in [0.05, 0.1) is 5.60 Å². The van der Waals surface area contributed by atoms with Crippen LogP contribution in [0.15, 0.2) is 22.7 Å². The van der Waals surface area contributed by atoms with Crippen molar-refractivity contribution in [2.75, 3.05) is 6.54 Å². The van der Waals surface area contributed by atoms with Gasteiger partial charge in [0.2, 0.25) is 0 Å². The van der Waals surface area contributed by atoms with E-state index in [4.69, 9.17) is 0 Å². The monoisotopic (exact) mass is 295 g/mol. The molecular weight excluding hydrogens is 278 g/mol. The van der Waals surface area contributed by atoms with Crippen LogP contribution in [0.1, 0.15) is 30.4 Å². The lowest BCUT2D eigenvalue weighted by Gasteiger charge is -2.34. The molecule has 1 aromatic rings. The van der Waals surface area contributed by atoms with Crippen molar-refractivity contribution in [1.82, 2.24) is 5.32 Å². The smallest absolute Gasteiger partial charge is 0.0815 e. The number of halogens is 1. The Balaban J connectivity index is 1.71. The van der Waals surface area contributed by atoms with Gasteiger partial charge in [-0.1, -0.05) is 22.0 Å². The quantitative estimate of drug-likeness (QED) is 0.898. The van der Waals surface area contributed by atoms with Crippen LogP contribution in [0.3, 0.4) is 0 Å². The minimum atomic E-state index is -0.538. The number of aliphatic hydroxyl groups is 1. The van der Waals surface area contributed by atoms with E-state index in [1.807, 2.05) is 0 Å². The second-order valence-electron chi connectivity index (χ2n) is 5.47. The highest BCUT2D eigenvalue weighted by Crippen LogP contribution is 2.31. The summed E-state index contributed by atoms with van der Waals surface area (Å²) in [5.41, 5.74) is 2.15. The summed E-state index contributed by atoms with van der Waals surface area (Å²) in [5, 5.41) is 14.0. The van der Waals surface area contributed by atoms with Crippen molar-refractivity contribution in [1.29, 1.82) is 0 Å². The molecule has 0 spiro atoms. The molecule has 2 aliphatic carbocycles. The van der Waals surface area contributed by atoms with Gasteiger partial charge in [-0.05, 0) is 48.9 Å². The van der Waals surface area contributed by atoms with Gasteiger partial charge in [-0.3, -0.25) is 0 Å². The highest BCUT2D eigenvalue weighted by atomic mass is 79.9. The Morgan fingerprint density at radius 1 is 1.35 bits per heavy atom. The largest absolute Gasteiger partial charge is 0.388 e. The lowest BCUT2D eigenvalue weighted by atomic mass is 9.80. The molecule has 0 heterocycles. The lowest BCUT2D eigenvalue weighted by molar-refractivity contribution is 0.0264. The molecule has 1 unspecified atom stereocenters. The summed E-state index contributed by atoms with van der Waals surface area (Å²) in [5.74, 6) is 0. The molecule has 1 fully saturated rings. The SMILES string of the molecule is OC1(CNC2CC2)CCc2cc(Br)ccc2C1. The first-order valence-electron chi connectivity index (χ1n) is 6.38. The van der Waals surface area contributed by atoms with Crippen LogP contribution < -0.4 is 5.32 Å². The van der Waals surface area contributed by atoms with E-state index in [2.05, 4.69) is 39.4 Å². The van der Waals surface area contributed by atoms with Gasteiger partial charge in [0.15, 0.2) is 0 Å². The zero-order chi connectivity index (χ0) is 11.9. The summed E-state index contributed by atoms with van der Waals surface area (Å²) < 4.78 is 1.14. The van der Waals surface area contributed by atoms with Crippen molar-refractivity contribution >= 4 is 15.9 Å². The van der Waals surface area contributed by atoms with Crippen LogP contribution in [-0.4, -0.2) is 23.3 Å². The minimum Gasteiger partial charge on any atom is -0.388 e. The summed E-state index contributed by atoms with van der Waals surface area (Å²) in [6.45, 7) is 0.743. The van der Waals surface area contributed by atoms with Crippen molar-refractivity contribution in [3.8, 4) is 0 Å². The normalized spacial score (nSPS) is 27.9. The van der Waals surface area contributed by atoms with Gasteiger partial charge in [-0.25, -0.2) is 0 Å². The molecule has 2 N–H and O–H groups in total. The summed E-state index contributed by atoms with van der Waals surface area (Å²) in [7, 11) is 0. The summed E-state index contributed by atoms with van der Waals surface area (Å²) in [6, 6.07) is 7.06. The number of hydrogen-bond acceptors (Lipinski definition) is 2. The molecule has 3 rings (SSSR count). The maximum absolute atomic E-state index is 10.6. The third kappa shape index (κ3) is 2.72. The fraction of sp³-hybridized carbons (Fsp3) is 0.571. The molecule has 0 saturated heterocycles. The molecule has 3 heteroatoms. The molecule has 92 valence electrons. The number of rotatable bonds is 3. The first-order valence-corrected chi connectivity index (χ1v) is 7.17. The molecule has 1 saturated carbocycles. The molecule has 2 nitrogen and oxygen atoms in total. The highest BCUT2D eigenvalue weighted by Gasteiger charge is 2.33. The van der Waals surface area contributed by atoms with Gasteiger partial charge in [0, 0.05) is 23.5 Å². The van der Waals surface area contributed by atoms with Crippen LogP contribution in [0.4, 0.5) is 0 Å². The van der Waals surface area contributed by atoms with Gasteiger partial charge in [-0.2, -0.15) is 0 Å². The zero-order valence-electron chi connectivity index (χ0n) is 9.88. The van der Waals surface area contributed by atoms with Crippen LogP contribution in [0.2, 0.25) is 0 Å². The number of benzene rings is 1. The van der Waals surface area contributed by atoms with E-state index in [1.165, 1.54) is 24.0 Å². The van der Waals surface area contributed by atoms with Gasteiger partial charge in [0.1, 0.15) is 0 Å². The number of aryl methyl sites for hydroxylation is 1. The Morgan fingerprint density at radius 3 is 2.94 bits per heavy atom. The van der Waals surface area contributed by atoms with Gasteiger partial charge < -0.3 is 10.4 Å². The molecule has 17 heavy (non-hydrogen) atoms. The van der Waals surface area contributed by atoms with E-state index < -0.39 is 5.60 Å². The fourth-order valence-electron chi connectivity index (χ4n) is 2.58.